The molecule has 3 N–H and O–H groups in total. The predicted molar refractivity (Wildman–Crippen MR) is 81.1 cm³/mol. The molecular formula is C15H21N3S. The second kappa shape index (κ2) is 6.80. The van der Waals surface area contributed by atoms with Gasteiger partial charge in [-0.05, 0) is 18.9 Å². The molecule has 0 bridgehead atoms. The minimum absolute atomic E-state index is 0.217. The summed E-state index contributed by atoms with van der Waals surface area (Å²) in [6.45, 7) is 4.24. The molecule has 0 aliphatic carbocycles. The first-order valence-corrected chi connectivity index (χ1v) is 7.54. The lowest BCUT2D eigenvalue weighted by atomic mass is 9.87. The molecule has 0 saturated heterocycles. The van der Waals surface area contributed by atoms with Crippen molar-refractivity contribution in [3.8, 4) is 0 Å². The molecule has 102 valence electrons. The maximum atomic E-state index is 5.77. The number of thiazole rings is 1. The highest BCUT2D eigenvalue weighted by Gasteiger charge is 2.21. The highest BCUT2D eigenvalue weighted by atomic mass is 32.1. The van der Waals surface area contributed by atoms with Crippen LogP contribution >= 0.6 is 11.3 Å². The van der Waals surface area contributed by atoms with Crippen LogP contribution in [0.2, 0.25) is 0 Å². The minimum Gasteiger partial charge on any atom is -0.271 e. The SMILES string of the molecule is CCC(c1ccccc1)C(Cc1csc(C)n1)NN. The number of aromatic nitrogens is 1. The number of nitrogens with two attached hydrogens (primary N) is 1. The van der Waals surface area contributed by atoms with Crippen molar-refractivity contribution < 1.29 is 0 Å². The number of nitrogens with one attached hydrogen (secondary N) is 1. The lowest BCUT2D eigenvalue weighted by Crippen LogP contribution is -2.41. The molecule has 0 fully saturated rings. The van der Waals surface area contributed by atoms with E-state index in [1.165, 1.54) is 5.56 Å². The molecule has 0 spiro atoms. The smallest absolute Gasteiger partial charge is 0.0897 e. The molecule has 0 radical (unpaired) electrons. The lowest BCUT2D eigenvalue weighted by Gasteiger charge is -2.25. The molecule has 2 atom stereocenters. The summed E-state index contributed by atoms with van der Waals surface area (Å²) in [4.78, 5) is 4.53. The van der Waals surface area contributed by atoms with Crippen molar-refractivity contribution >= 4 is 11.3 Å². The van der Waals surface area contributed by atoms with Crippen LogP contribution in [0.15, 0.2) is 35.7 Å². The first-order chi connectivity index (χ1) is 9.24. The van der Waals surface area contributed by atoms with Crippen LogP contribution in [-0.2, 0) is 6.42 Å². The molecule has 1 aromatic carbocycles. The van der Waals surface area contributed by atoms with E-state index >= 15 is 0 Å². The van der Waals surface area contributed by atoms with Crippen LogP contribution < -0.4 is 11.3 Å². The molecule has 3 nitrogen and oxygen atoms in total. The van der Waals surface area contributed by atoms with Gasteiger partial charge >= 0.3 is 0 Å². The first-order valence-electron chi connectivity index (χ1n) is 6.66. The summed E-state index contributed by atoms with van der Waals surface area (Å²) in [5.74, 6) is 6.18. The van der Waals surface area contributed by atoms with Gasteiger partial charge in [-0.1, -0.05) is 37.3 Å². The quantitative estimate of drug-likeness (QED) is 0.629. The van der Waals surface area contributed by atoms with E-state index in [0.717, 1.165) is 23.5 Å². The van der Waals surface area contributed by atoms with E-state index in [2.05, 4.69) is 47.0 Å². The Morgan fingerprint density at radius 3 is 2.58 bits per heavy atom. The van der Waals surface area contributed by atoms with Crippen molar-refractivity contribution in [1.82, 2.24) is 10.4 Å². The van der Waals surface area contributed by atoms with Gasteiger partial charge in [-0.15, -0.1) is 11.3 Å². The molecule has 0 aliphatic rings. The Hall–Kier alpha value is -1.23. The van der Waals surface area contributed by atoms with Gasteiger partial charge in [0.05, 0.1) is 10.7 Å². The largest absolute Gasteiger partial charge is 0.271 e. The van der Waals surface area contributed by atoms with Gasteiger partial charge in [0.1, 0.15) is 0 Å². The van der Waals surface area contributed by atoms with Crippen molar-refractivity contribution in [3.63, 3.8) is 0 Å². The third-order valence-electron chi connectivity index (χ3n) is 3.46. The average Bonchev–Trinajstić information content (AvgIpc) is 2.85. The third-order valence-corrected chi connectivity index (χ3v) is 4.29. The van der Waals surface area contributed by atoms with Gasteiger partial charge in [-0.3, -0.25) is 11.3 Å². The maximum Gasteiger partial charge on any atom is 0.0897 e. The van der Waals surface area contributed by atoms with Crippen LogP contribution in [0.25, 0.3) is 0 Å². The monoisotopic (exact) mass is 275 g/mol. The van der Waals surface area contributed by atoms with Crippen molar-refractivity contribution in [1.29, 1.82) is 0 Å². The summed E-state index contributed by atoms with van der Waals surface area (Å²) < 4.78 is 0. The first kappa shape index (κ1) is 14.2. The number of benzene rings is 1. The van der Waals surface area contributed by atoms with Crippen LogP contribution in [0.1, 0.15) is 35.5 Å². The Bertz CT molecular complexity index is 495. The molecule has 0 amide bonds. The van der Waals surface area contributed by atoms with E-state index in [9.17, 15) is 0 Å². The summed E-state index contributed by atoms with van der Waals surface area (Å²) >= 11 is 1.69. The highest BCUT2D eigenvalue weighted by Crippen LogP contribution is 2.25. The normalized spacial score (nSPS) is 14.3. The Kier molecular flexibility index (Phi) is 5.07. The summed E-state index contributed by atoms with van der Waals surface area (Å²) in [5.41, 5.74) is 5.43. The van der Waals surface area contributed by atoms with Crippen LogP contribution in [-0.4, -0.2) is 11.0 Å². The average molecular weight is 275 g/mol. The van der Waals surface area contributed by atoms with Crippen LogP contribution in [0.4, 0.5) is 0 Å². The zero-order valence-electron chi connectivity index (χ0n) is 11.5. The Balaban J connectivity index is 2.15. The number of hydrogen-bond donors (Lipinski definition) is 2. The molecule has 2 unspecified atom stereocenters. The van der Waals surface area contributed by atoms with Crippen LogP contribution in [0, 0.1) is 6.92 Å². The molecule has 1 heterocycles. The zero-order valence-corrected chi connectivity index (χ0v) is 12.3. The van der Waals surface area contributed by atoms with Crippen molar-refractivity contribution in [2.75, 3.05) is 0 Å². The summed E-state index contributed by atoms with van der Waals surface area (Å²) in [5, 5.41) is 3.23. The highest BCUT2D eigenvalue weighted by molar-refractivity contribution is 7.09. The lowest BCUT2D eigenvalue weighted by molar-refractivity contribution is 0.425. The van der Waals surface area contributed by atoms with Crippen LogP contribution in [0.5, 0.6) is 0 Å². The molecule has 4 heteroatoms. The van der Waals surface area contributed by atoms with Gasteiger partial charge in [0, 0.05) is 23.8 Å². The van der Waals surface area contributed by atoms with E-state index in [0.29, 0.717) is 5.92 Å². The second-order valence-electron chi connectivity index (χ2n) is 4.76. The van der Waals surface area contributed by atoms with Crippen molar-refractivity contribution in [2.45, 2.75) is 38.6 Å². The predicted octanol–water partition coefficient (Wildman–Crippen LogP) is 3.02. The van der Waals surface area contributed by atoms with Crippen LogP contribution in [0.3, 0.4) is 0 Å². The molecule has 0 aliphatic heterocycles. The molecule has 2 aromatic rings. The summed E-state index contributed by atoms with van der Waals surface area (Å²) in [6, 6.07) is 10.8. The number of hydrazine groups is 1. The molecule has 19 heavy (non-hydrogen) atoms. The summed E-state index contributed by atoms with van der Waals surface area (Å²) in [7, 11) is 0. The topological polar surface area (TPSA) is 50.9 Å². The van der Waals surface area contributed by atoms with Crippen molar-refractivity contribution in [3.05, 3.63) is 52.0 Å². The van der Waals surface area contributed by atoms with Gasteiger partial charge in [-0.25, -0.2) is 4.98 Å². The van der Waals surface area contributed by atoms with Crippen molar-refractivity contribution in [2.24, 2.45) is 5.84 Å². The number of rotatable bonds is 6. The van der Waals surface area contributed by atoms with E-state index in [1.807, 2.05) is 13.0 Å². The third kappa shape index (κ3) is 3.62. The fourth-order valence-electron chi connectivity index (χ4n) is 2.50. The Morgan fingerprint density at radius 2 is 2.05 bits per heavy atom. The van der Waals surface area contributed by atoms with Gasteiger partial charge < -0.3 is 0 Å². The standard InChI is InChI=1S/C15H21N3S/c1-3-14(12-7-5-4-6-8-12)15(18-16)9-13-10-19-11(2)17-13/h4-8,10,14-15,18H,3,9,16H2,1-2H3. The minimum atomic E-state index is 0.217. The molecule has 0 saturated carbocycles. The van der Waals surface area contributed by atoms with Gasteiger partial charge in [0.25, 0.3) is 0 Å². The number of aryl methyl sites for hydroxylation is 1. The van der Waals surface area contributed by atoms with Gasteiger partial charge in [0.15, 0.2) is 0 Å². The summed E-state index contributed by atoms with van der Waals surface area (Å²) in [6.07, 6.45) is 1.93. The zero-order chi connectivity index (χ0) is 13.7. The van der Waals surface area contributed by atoms with Gasteiger partial charge in [0.2, 0.25) is 0 Å². The van der Waals surface area contributed by atoms with Gasteiger partial charge in [-0.2, -0.15) is 0 Å². The Labute approximate surface area is 118 Å². The molecule has 2 rings (SSSR count). The molecular weight excluding hydrogens is 254 g/mol. The van der Waals surface area contributed by atoms with E-state index in [-0.39, 0.29) is 6.04 Å². The number of hydrogen-bond acceptors (Lipinski definition) is 4. The Morgan fingerprint density at radius 1 is 1.32 bits per heavy atom. The van der Waals surface area contributed by atoms with E-state index in [1.54, 1.807) is 11.3 Å². The fraction of sp³-hybridized carbons (Fsp3) is 0.400. The second-order valence-corrected chi connectivity index (χ2v) is 5.82. The molecule has 1 aromatic heterocycles. The fourth-order valence-corrected chi connectivity index (χ4v) is 3.12. The van der Waals surface area contributed by atoms with E-state index < -0.39 is 0 Å². The maximum absolute atomic E-state index is 5.77. The number of nitrogens with zero attached hydrogens (tertiary/aromatic N) is 1. The van der Waals surface area contributed by atoms with E-state index in [4.69, 9.17) is 5.84 Å².